The fourth-order valence-corrected chi connectivity index (χ4v) is 2.25. The van der Waals surface area contributed by atoms with E-state index in [-0.39, 0.29) is 0 Å². The zero-order chi connectivity index (χ0) is 14.4. The third kappa shape index (κ3) is 3.57. The number of benzene rings is 1. The molecule has 0 atom stereocenters. The molecule has 108 valence electrons. The van der Waals surface area contributed by atoms with Crippen molar-refractivity contribution >= 4 is 5.69 Å². The van der Waals surface area contributed by atoms with Crippen LogP contribution in [0.5, 0.6) is 0 Å². The summed E-state index contributed by atoms with van der Waals surface area (Å²) in [7, 11) is 0. The lowest BCUT2D eigenvalue weighted by molar-refractivity contribution is 0.597. The molecule has 0 saturated carbocycles. The molecule has 0 saturated heterocycles. The molecule has 1 aromatic carbocycles. The summed E-state index contributed by atoms with van der Waals surface area (Å²) in [6.07, 6.45) is 2.59. The summed E-state index contributed by atoms with van der Waals surface area (Å²) >= 11 is 0. The van der Waals surface area contributed by atoms with Crippen molar-refractivity contribution in [2.24, 2.45) is 5.73 Å². The van der Waals surface area contributed by atoms with E-state index < -0.39 is 0 Å². The summed E-state index contributed by atoms with van der Waals surface area (Å²) in [6, 6.07) is 8.53. The lowest BCUT2D eigenvalue weighted by Crippen LogP contribution is -2.27. The Morgan fingerprint density at radius 2 is 2.20 bits per heavy atom. The van der Waals surface area contributed by atoms with E-state index in [1.165, 1.54) is 11.3 Å². The fraction of sp³-hybridized carbons (Fsp3) is 0.467. The molecule has 2 aromatic rings. The van der Waals surface area contributed by atoms with Crippen LogP contribution in [0.1, 0.15) is 24.7 Å². The Morgan fingerprint density at radius 3 is 2.90 bits per heavy atom. The van der Waals surface area contributed by atoms with Gasteiger partial charge in [-0.15, -0.1) is 0 Å². The molecule has 0 aliphatic carbocycles. The maximum Gasteiger partial charge on any atom is 0.146 e. The molecule has 1 aromatic heterocycles. The predicted molar refractivity (Wildman–Crippen MR) is 81.6 cm³/mol. The molecule has 0 aliphatic rings. The van der Waals surface area contributed by atoms with Crippen LogP contribution < -0.4 is 10.6 Å². The Bertz CT molecular complexity index is 535. The number of rotatable bonds is 7. The number of hydrogen-bond acceptors (Lipinski definition) is 4. The number of aromatic nitrogens is 3. The third-order valence-corrected chi connectivity index (χ3v) is 3.33. The standard InChI is InChI=1S/C15H23N5/c1-3-20-15(17-12-18-20)11-19(9-5-8-16)14-7-4-6-13(2)10-14/h4,6-7,10,12H,3,5,8-9,11,16H2,1-2H3. The summed E-state index contributed by atoms with van der Waals surface area (Å²) in [5.41, 5.74) is 8.13. The highest BCUT2D eigenvalue weighted by molar-refractivity contribution is 5.48. The molecule has 0 amide bonds. The number of nitrogens with two attached hydrogens (primary N) is 1. The van der Waals surface area contributed by atoms with Crippen molar-refractivity contribution in [2.75, 3.05) is 18.0 Å². The molecule has 5 nitrogen and oxygen atoms in total. The Kier molecular flexibility index (Phi) is 5.12. The first-order chi connectivity index (χ1) is 9.74. The molecule has 0 radical (unpaired) electrons. The van der Waals surface area contributed by atoms with Gasteiger partial charge in [0.1, 0.15) is 12.2 Å². The minimum absolute atomic E-state index is 0.697. The van der Waals surface area contributed by atoms with Crippen LogP contribution in [0, 0.1) is 6.92 Å². The van der Waals surface area contributed by atoms with Gasteiger partial charge in [0.25, 0.3) is 0 Å². The molecule has 2 N–H and O–H groups in total. The second kappa shape index (κ2) is 7.05. The Balaban J connectivity index is 2.19. The van der Waals surface area contributed by atoms with Crippen LogP contribution in [0.4, 0.5) is 5.69 Å². The predicted octanol–water partition coefficient (Wildman–Crippen LogP) is 1.96. The van der Waals surface area contributed by atoms with Crippen molar-refractivity contribution in [1.82, 2.24) is 14.8 Å². The van der Waals surface area contributed by atoms with E-state index in [0.717, 1.165) is 31.9 Å². The van der Waals surface area contributed by atoms with Crippen molar-refractivity contribution in [3.05, 3.63) is 42.0 Å². The average Bonchev–Trinajstić information content (AvgIpc) is 2.90. The van der Waals surface area contributed by atoms with E-state index in [0.29, 0.717) is 6.54 Å². The topological polar surface area (TPSA) is 60.0 Å². The van der Waals surface area contributed by atoms with Gasteiger partial charge < -0.3 is 10.6 Å². The zero-order valence-electron chi connectivity index (χ0n) is 12.3. The van der Waals surface area contributed by atoms with Crippen molar-refractivity contribution in [3.8, 4) is 0 Å². The van der Waals surface area contributed by atoms with E-state index in [9.17, 15) is 0 Å². The smallest absolute Gasteiger partial charge is 0.146 e. The summed E-state index contributed by atoms with van der Waals surface area (Å²) < 4.78 is 1.94. The van der Waals surface area contributed by atoms with Gasteiger partial charge in [0.05, 0.1) is 6.54 Å². The Morgan fingerprint density at radius 1 is 1.35 bits per heavy atom. The molecular weight excluding hydrogens is 250 g/mol. The van der Waals surface area contributed by atoms with E-state index in [2.05, 4.69) is 53.1 Å². The van der Waals surface area contributed by atoms with Gasteiger partial charge in [0.15, 0.2) is 0 Å². The first-order valence-corrected chi connectivity index (χ1v) is 7.13. The van der Waals surface area contributed by atoms with Crippen molar-refractivity contribution in [1.29, 1.82) is 0 Å². The molecule has 5 heteroatoms. The molecule has 0 fully saturated rings. The normalized spacial score (nSPS) is 10.8. The van der Waals surface area contributed by atoms with Gasteiger partial charge in [-0.2, -0.15) is 5.10 Å². The van der Waals surface area contributed by atoms with Crippen molar-refractivity contribution < 1.29 is 0 Å². The monoisotopic (exact) mass is 273 g/mol. The Hall–Kier alpha value is -1.88. The van der Waals surface area contributed by atoms with Gasteiger partial charge in [0.2, 0.25) is 0 Å². The highest BCUT2D eigenvalue weighted by atomic mass is 15.3. The quantitative estimate of drug-likeness (QED) is 0.838. The highest BCUT2D eigenvalue weighted by Gasteiger charge is 2.11. The molecule has 1 heterocycles. The van der Waals surface area contributed by atoms with Gasteiger partial charge in [-0.25, -0.2) is 9.67 Å². The van der Waals surface area contributed by atoms with Crippen LogP contribution in [-0.4, -0.2) is 27.9 Å². The molecule has 0 unspecified atom stereocenters. The lowest BCUT2D eigenvalue weighted by Gasteiger charge is -2.24. The first-order valence-electron chi connectivity index (χ1n) is 7.13. The van der Waals surface area contributed by atoms with Gasteiger partial charge in [-0.1, -0.05) is 12.1 Å². The average molecular weight is 273 g/mol. The minimum Gasteiger partial charge on any atom is -0.364 e. The van der Waals surface area contributed by atoms with E-state index in [1.807, 2.05) is 4.68 Å². The molecule has 20 heavy (non-hydrogen) atoms. The Labute approximate surface area is 120 Å². The second-order valence-electron chi connectivity index (χ2n) is 4.89. The molecule has 0 spiro atoms. The molecule has 0 bridgehead atoms. The van der Waals surface area contributed by atoms with E-state index in [1.54, 1.807) is 6.33 Å². The zero-order valence-corrected chi connectivity index (χ0v) is 12.3. The number of anilines is 1. The molecular formula is C15H23N5. The summed E-state index contributed by atoms with van der Waals surface area (Å²) in [5.74, 6) is 0.992. The number of aryl methyl sites for hydroxylation is 2. The van der Waals surface area contributed by atoms with Crippen LogP contribution in [0.25, 0.3) is 0 Å². The van der Waals surface area contributed by atoms with Crippen LogP contribution in [0.15, 0.2) is 30.6 Å². The van der Waals surface area contributed by atoms with Crippen LogP contribution in [-0.2, 0) is 13.1 Å². The maximum absolute atomic E-state index is 5.65. The highest BCUT2D eigenvalue weighted by Crippen LogP contribution is 2.18. The summed E-state index contributed by atoms with van der Waals surface area (Å²) in [6.45, 7) is 7.42. The fourth-order valence-electron chi connectivity index (χ4n) is 2.25. The van der Waals surface area contributed by atoms with Crippen LogP contribution >= 0.6 is 0 Å². The van der Waals surface area contributed by atoms with E-state index in [4.69, 9.17) is 5.73 Å². The lowest BCUT2D eigenvalue weighted by atomic mass is 10.2. The maximum atomic E-state index is 5.65. The molecule has 0 aliphatic heterocycles. The largest absolute Gasteiger partial charge is 0.364 e. The van der Waals surface area contributed by atoms with Gasteiger partial charge in [-0.05, 0) is 44.5 Å². The minimum atomic E-state index is 0.697. The number of nitrogens with zero attached hydrogens (tertiary/aromatic N) is 4. The van der Waals surface area contributed by atoms with Gasteiger partial charge >= 0.3 is 0 Å². The first kappa shape index (κ1) is 14.5. The van der Waals surface area contributed by atoms with Gasteiger partial charge in [-0.3, -0.25) is 0 Å². The van der Waals surface area contributed by atoms with E-state index >= 15 is 0 Å². The van der Waals surface area contributed by atoms with Crippen molar-refractivity contribution in [3.63, 3.8) is 0 Å². The van der Waals surface area contributed by atoms with Crippen molar-refractivity contribution in [2.45, 2.75) is 33.4 Å². The third-order valence-electron chi connectivity index (χ3n) is 3.33. The second-order valence-corrected chi connectivity index (χ2v) is 4.89. The van der Waals surface area contributed by atoms with Crippen LogP contribution in [0.3, 0.4) is 0 Å². The van der Waals surface area contributed by atoms with Crippen LogP contribution in [0.2, 0.25) is 0 Å². The number of hydrogen-bond donors (Lipinski definition) is 1. The van der Waals surface area contributed by atoms with Gasteiger partial charge in [0, 0.05) is 18.8 Å². The molecule has 2 rings (SSSR count). The SMILES string of the molecule is CCn1ncnc1CN(CCCN)c1cccc(C)c1. The summed E-state index contributed by atoms with van der Waals surface area (Å²) in [5, 5.41) is 4.23. The summed E-state index contributed by atoms with van der Waals surface area (Å²) in [4.78, 5) is 6.68.